The van der Waals surface area contributed by atoms with Crippen LogP contribution in [0.4, 0.5) is 5.88 Å². The third-order valence-electron chi connectivity index (χ3n) is 7.09. The summed E-state index contributed by atoms with van der Waals surface area (Å²) in [7, 11) is 0. The van der Waals surface area contributed by atoms with Crippen molar-refractivity contribution in [3.05, 3.63) is 119 Å². The van der Waals surface area contributed by atoms with E-state index in [0.29, 0.717) is 5.56 Å². The first-order valence-electron chi connectivity index (χ1n) is 12.5. The van der Waals surface area contributed by atoms with Crippen LogP contribution in [0, 0.1) is 0 Å². The van der Waals surface area contributed by atoms with Gasteiger partial charge in [0.15, 0.2) is 5.79 Å². The topological polar surface area (TPSA) is 89.0 Å². The normalized spacial score (nSPS) is 24.7. The molecule has 3 heterocycles. The Labute approximate surface area is 216 Å². The van der Waals surface area contributed by atoms with Gasteiger partial charge in [-0.15, -0.1) is 0 Å². The quantitative estimate of drug-likeness (QED) is 0.349. The highest BCUT2D eigenvalue weighted by Crippen LogP contribution is 2.48. The van der Waals surface area contributed by atoms with Gasteiger partial charge in [0.2, 0.25) is 5.88 Å². The number of ether oxygens (including phenoxy) is 4. The first-order valence-corrected chi connectivity index (χ1v) is 12.5. The fourth-order valence-corrected chi connectivity index (χ4v) is 5.51. The first-order chi connectivity index (χ1) is 18.0. The Hall–Kier alpha value is -3.49. The number of benzene rings is 3. The van der Waals surface area contributed by atoms with Crippen LogP contribution in [0.1, 0.15) is 42.2 Å². The number of nitrogens with two attached hydrogens (primary N) is 1. The molecule has 0 amide bonds. The van der Waals surface area contributed by atoms with E-state index < -0.39 is 23.6 Å². The predicted octanol–water partition coefficient (Wildman–Crippen LogP) is 5.23. The molecule has 0 aliphatic carbocycles. The van der Waals surface area contributed by atoms with Gasteiger partial charge in [-0.2, -0.15) is 0 Å². The van der Waals surface area contributed by atoms with E-state index in [-0.39, 0.29) is 24.7 Å². The molecule has 190 valence electrons. The molecule has 2 saturated heterocycles. The second kappa shape index (κ2) is 9.43. The van der Waals surface area contributed by atoms with Crippen LogP contribution in [0.3, 0.4) is 0 Å². The second-order valence-corrected chi connectivity index (χ2v) is 9.90. The lowest BCUT2D eigenvalue weighted by Gasteiger charge is -2.37. The van der Waals surface area contributed by atoms with Crippen LogP contribution in [0.5, 0.6) is 0 Å². The third-order valence-corrected chi connectivity index (χ3v) is 7.09. The second-order valence-electron chi connectivity index (χ2n) is 9.90. The minimum Gasteiger partial charge on any atom is -0.367 e. The molecule has 0 bridgehead atoms. The predicted molar refractivity (Wildman–Crippen MR) is 138 cm³/mol. The van der Waals surface area contributed by atoms with Gasteiger partial charge in [0, 0.05) is 0 Å². The summed E-state index contributed by atoms with van der Waals surface area (Å²) in [4.78, 5) is 0. The fourth-order valence-electron chi connectivity index (χ4n) is 5.51. The number of nitrogen functional groups attached to an aromatic ring is 1. The number of hydrogen-bond acceptors (Lipinski definition) is 7. The summed E-state index contributed by atoms with van der Waals surface area (Å²) in [5, 5.41) is 3.84. The van der Waals surface area contributed by atoms with Crippen LogP contribution in [0.15, 0.2) is 102 Å². The van der Waals surface area contributed by atoms with E-state index in [9.17, 15) is 0 Å². The summed E-state index contributed by atoms with van der Waals surface area (Å²) in [5.41, 5.74) is 8.89. The molecule has 2 fully saturated rings. The molecule has 7 heteroatoms. The number of fused-ring (bicyclic) bond motifs is 1. The molecule has 2 N–H and O–H groups in total. The minimum atomic E-state index is -0.869. The van der Waals surface area contributed by atoms with Crippen LogP contribution in [-0.2, 0) is 24.5 Å². The SMILES string of the molecule is CC1(C)O[C@@H]2[C@@H](COC(c3ccccc3)(c3ccccc3)c3ccccc3)OC(c3cnoc3N)[C@@H]2O1. The van der Waals surface area contributed by atoms with E-state index in [4.69, 9.17) is 29.2 Å². The minimum absolute atomic E-state index is 0.214. The van der Waals surface area contributed by atoms with Gasteiger partial charge in [0.05, 0.1) is 18.4 Å². The van der Waals surface area contributed by atoms with E-state index >= 15 is 0 Å². The molecule has 7 nitrogen and oxygen atoms in total. The van der Waals surface area contributed by atoms with E-state index in [1.807, 2.05) is 68.4 Å². The van der Waals surface area contributed by atoms with E-state index in [0.717, 1.165) is 16.7 Å². The van der Waals surface area contributed by atoms with Gasteiger partial charge in [0.1, 0.15) is 30.0 Å². The van der Waals surface area contributed by atoms with E-state index in [1.165, 1.54) is 0 Å². The maximum atomic E-state index is 7.01. The van der Waals surface area contributed by atoms with Gasteiger partial charge in [-0.25, -0.2) is 0 Å². The molecule has 0 spiro atoms. The van der Waals surface area contributed by atoms with Crippen molar-refractivity contribution in [1.29, 1.82) is 0 Å². The zero-order valence-corrected chi connectivity index (χ0v) is 20.8. The standard InChI is InChI=1S/C30H30N2O5/c1-29(2)35-26-24(34-25(27(26)36-29)23-18-32-37-28(23)31)19-33-30(20-12-6-3-7-13-20,21-14-8-4-9-15-21)22-16-10-5-11-17-22/h3-18,24-27H,19,31H2,1-2H3/t24-,25?,26-,27+/m1/s1. The van der Waals surface area contributed by atoms with Crippen molar-refractivity contribution in [1.82, 2.24) is 5.16 Å². The van der Waals surface area contributed by atoms with Gasteiger partial charge in [-0.05, 0) is 30.5 Å². The van der Waals surface area contributed by atoms with Crippen LogP contribution < -0.4 is 5.73 Å². The number of hydrogen-bond donors (Lipinski definition) is 1. The average Bonchev–Trinajstić information content (AvgIpc) is 3.58. The lowest BCUT2D eigenvalue weighted by Crippen LogP contribution is -2.39. The van der Waals surface area contributed by atoms with Crippen molar-refractivity contribution in [3.63, 3.8) is 0 Å². The Bertz CT molecular complexity index is 1230. The number of aromatic nitrogens is 1. The Morgan fingerprint density at radius 1 is 0.811 bits per heavy atom. The smallest absolute Gasteiger partial charge is 0.228 e. The lowest BCUT2D eigenvalue weighted by molar-refractivity contribution is -0.196. The molecule has 2 aliphatic rings. The maximum Gasteiger partial charge on any atom is 0.228 e. The molecule has 2 aliphatic heterocycles. The average molecular weight is 499 g/mol. The Kier molecular flexibility index (Phi) is 6.09. The third kappa shape index (κ3) is 4.24. The molecule has 1 aromatic heterocycles. The molecule has 37 heavy (non-hydrogen) atoms. The molecule has 1 unspecified atom stereocenters. The van der Waals surface area contributed by atoms with Crippen molar-refractivity contribution >= 4 is 5.88 Å². The fraction of sp³-hybridized carbons (Fsp3) is 0.300. The zero-order valence-electron chi connectivity index (χ0n) is 20.8. The first kappa shape index (κ1) is 23.9. The van der Waals surface area contributed by atoms with Crippen LogP contribution >= 0.6 is 0 Å². The summed E-state index contributed by atoms with van der Waals surface area (Å²) >= 11 is 0. The summed E-state index contributed by atoms with van der Waals surface area (Å²) < 4.78 is 31.2. The molecule has 3 aromatic carbocycles. The molecule has 0 saturated carbocycles. The van der Waals surface area contributed by atoms with Gasteiger partial charge in [0.25, 0.3) is 0 Å². The van der Waals surface area contributed by atoms with E-state index in [2.05, 4.69) is 41.6 Å². The highest BCUT2D eigenvalue weighted by Gasteiger charge is 2.57. The molecular weight excluding hydrogens is 468 g/mol. The Morgan fingerprint density at radius 2 is 1.32 bits per heavy atom. The molecule has 0 radical (unpaired) electrons. The van der Waals surface area contributed by atoms with Crippen molar-refractivity contribution in [2.75, 3.05) is 12.3 Å². The van der Waals surface area contributed by atoms with Crippen LogP contribution in [-0.4, -0.2) is 35.9 Å². The summed E-state index contributed by atoms with van der Waals surface area (Å²) in [6.45, 7) is 4.06. The maximum absolute atomic E-state index is 7.01. The van der Waals surface area contributed by atoms with Crippen molar-refractivity contribution in [3.8, 4) is 0 Å². The largest absolute Gasteiger partial charge is 0.367 e. The molecule has 6 rings (SSSR count). The van der Waals surface area contributed by atoms with Crippen LogP contribution in [0.25, 0.3) is 0 Å². The number of anilines is 1. The Balaban J connectivity index is 1.40. The van der Waals surface area contributed by atoms with Gasteiger partial charge in [-0.1, -0.05) is 96.2 Å². The summed E-state index contributed by atoms with van der Waals surface area (Å²) in [6.07, 6.45) is -0.0380. The van der Waals surface area contributed by atoms with Gasteiger partial charge in [-0.3, -0.25) is 0 Å². The van der Waals surface area contributed by atoms with Crippen LogP contribution in [0.2, 0.25) is 0 Å². The molecular formula is C30H30N2O5. The molecule has 4 atom stereocenters. The monoisotopic (exact) mass is 498 g/mol. The van der Waals surface area contributed by atoms with Crippen molar-refractivity contribution in [2.45, 2.75) is 49.7 Å². The van der Waals surface area contributed by atoms with Crippen molar-refractivity contribution < 1.29 is 23.5 Å². The number of nitrogens with zero attached hydrogens (tertiary/aromatic N) is 1. The van der Waals surface area contributed by atoms with E-state index in [1.54, 1.807) is 6.20 Å². The summed E-state index contributed by atoms with van der Waals surface area (Å²) in [6, 6.07) is 30.8. The van der Waals surface area contributed by atoms with Gasteiger partial charge < -0.3 is 29.2 Å². The zero-order chi connectivity index (χ0) is 25.5. The number of rotatable bonds is 7. The lowest BCUT2D eigenvalue weighted by atomic mass is 9.80. The highest BCUT2D eigenvalue weighted by atomic mass is 16.8. The van der Waals surface area contributed by atoms with Crippen molar-refractivity contribution in [2.24, 2.45) is 0 Å². The highest BCUT2D eigenvalue weighted by molar-refractivity contribution is 5.47. The molecule has 4 aromatic rings. The van der Waals surface area contributed by atoms with Gasteiger partial charge >= 0.3 is 0 Å². The summed E-state index contributed by atoms with van der Waals surface area (Å²) in [5.74, 6) is -0.553. The Morgan fingerprint density at radius 3 is 1.81 bits per heavy atom.